The third kappa shape index (κ3) is 3.40. The molecule has 6 heteroatoms. The third-order valence-corrected chi connectivity index (χ3v) is 4.28. The zero-order chi connectivity index (χ0) is 18.8. The summed E-state index contributed by atoms with van der Waals surface area (Å²) in [7, 11) is 1.59. The van der Waals surface area contributed by atoms with Crippen molar-refractivity contribution in [3.8, 4) is 5.75 Å². The molecule has 0 radical (unpaired) electrons. The van der Waals surface area contributed by atoms with Gasteiger partial charge in [0, 0.05) is 23.7 Å². The maximum Gasteiger partial charge on any atom is 0.254 e. The van der Waals surface area contributed by atoms with Crippen molar-refractivity contribution >= 4 is 16.8 Å². The fraction of sp³-hybridized carbons (Fsp3) is 0.250. The van der Waals surface area contributed by atoms with Crippen LogP contribution < -0.4 is 10.1 Å². The number of H-pyrrole nitrogens is 1. The smallest absolute Gasteiger partial charge is 0.254 e. The largest absolute Gasteiger partial charge is 0.497 e. The van der Waals surface area contributed by atoms with Crippen LogP contribution in [0.15, 0.2) is 36.4 Å². The van der Waals surface area contributed by atoms with E-state index in [0.717, 1.165) is 28.7 Å². The van der Waals surface area contributed by atoms with Crippen molar-refractivity contribution in [2.75, 3.05) is 7.11 Å². The van der Waals surface area contributed by atoms with E-state index in [-0.39, 0.29) is 18.4 Å². The second-order valence-corrected chi connectivity index (χ2v) is 6.41. The Morgan fingerprint density at radius 1 is 1.15 bits per heavy atom. The molecule has 1 heterocycles. The fourth-order valence-corrected chi connectivity index (χ4v) is 2.92. The lowest BCUT2D eigenvalue weighted by atomic mass is 10.0. The number of rotatable bonds is 5. The zero-order valence-corrected chi connectivity index (χ0v) is 14.8. The van der Waals surface area contributed by atoms with Gasteiger partial charge in [-0.1, -0.05) is 19.9 Å². The topological polar surface area (TPSA) is 54.1 Å². The standard InChI is InChI=1S/C20H20F2N2O2/c1-11(2)19-18(14-6-5-13(26-3)9-17(14)24-19)20(25)23-10-12-4-7-15(21)16(22)8-12/h4-9,11,24H,10H2,1-3H3,(H,23,25). The average molecular weight is 358 g/mol. The van der Waals surface area contributed by atoms with E-state index in [1.807, 2.05) is 26.0 Å². The SMILES string of the molecule is COc1ccc2c(C(=O)NCc3ccc(F)c(F)c3)c(C(C)C)[nH]c2c1. The van der Waals surface area contributed by atoms with Gasteiger partial charge in [0.2, 0.25) is 0 Å². The van der Waals surface area contributed by atoms with Crippen molar-refractivity contribution in [1.29, 1.82) is 0 Å². The number of nitrogens with one attached hydrogen (secondary N) is 2. The summed E-state index contributed by atoms with van der Waals surface area (Å²) in [6.07, 6.45) is 0. The first-order valence-corrected chi connectivity index (χ1v) is 8.32. The molecule has 26 heavy (non-hydrogen) atoms. The molecule has 2 aromatic carbocycles. The minimum absolute atomic E-state index is 0.108. The van der Waals surface area contributed by atoms with Gasteiger partial charge in [-0.25, -0.2) is 8.78 Å². The zero-order valence-electron chi connectivity index (χ0n) is 14.8. The van der Waals surface area contributed by atoms with Crippen LogP contribution in [0.4, 0.5) is 8.78 Å². The van der Waals surface area contributed by atoms with Crippen LogP contribution in [0.5, 0.6) is 5.75 Å². The van der Waals surface area contributed by atoms with E-state index in [9.17, 15) is 13.6 Å². The molecule has 0 unspecified atom stereocenters. The molecule has 3 rings (SSSR count). The van der Waals surface area contributed by atoms with Crippen molar-refractivity contribution in [2.45, 2.75) is 26.3 Å². The molecule has 0 saturated carbocycles. The third-order valence-electron chi connectivity index (χ3n) is 4.28. The first-order valence-electron chi connectivity index (χ1n) is 8.32. The molecule has 0 bridgehead atoms. The number of methoxy groups -OCH3 is 1. The van der Waals surface area contributed by atoms with Gasteiger partial charge in [0.15, 0.2) is 11.6 Å². The summed E-state index contributed by atoms with van der Waals surface area (Å²) in [6, 6.07) is 9.05. The monoisotopic (exact) mass is 358 g/mol. The number of aromatic amines is 1. The number of fused-ring (bicyclic) bond motifs is 1. The van der Waals surface area contributed by atoms with Gasteiger partial charge in [0.1, 0.15) is 5.75 Å². The van der Waals surface area contributed by atoms with Gasteiger partial charge in [-0.15, -0.1) is 0 Å². The van der Waals surface area contributed by atoms with Gasteiger partial charge in [-0.3, -0.25) is 4.79 Å². The van der Waals surface area contributed by atoms with E-state index in [1.54, 1.807) is 13.2 Å². The number of hydrogen-bond donors (Lipinski definition) is 2. The van der Waals surface area contributed by atoms with E-state index in [0.29, 0.717) is 16.9 Å². The minimum atomic E-state index is -0.932. The molecule has 1 aromatic heterocycles. The highest BCUT2D eigenvalue weighted by molar-refractivity contribution is 6.08. The lowest BCUT2D eigenvalue weighted by Crippen LogP contribution is -2.24. The first-order chi connectivity index (χ1) is 12.4. The van der Waals surface area contributed by atoms with Crippen LogP contribution >= 0.6 is 0 Å². The van der Waals surface area contributed by atoms with Gasteiger partial charge in [-0.2, -0.15) is 0 Å². The molecule has 0 aliphatic rings. The average Bonchev–Trinajstić information content (AvgIpc) is 3.01. The highest BCUT2D eigenvalue weighted by Gasteiger charge is 2.20. The molecular weight excluding hydrogens is 338 g/mol. The number of amides is 1. The summed E-state index contributed by atoms with van der Waals surface area (Å²) < 4.78 is 31.6. The van der Waals surface area contributed by atoms with E-state index in [1.165, 1.54) is 6.07 Å². The molecule has 0 atom stereocenters. The van der Waals surface area contributed by atoms with Gasteiger partial charge in [-0.05, 0) is 35.7 Å². The summed E-state index contributed by atoms with van der Waals surface area (Å²) in [5, 5.41) is 3.57. The fourth-order valence-electron chi connectivity index (χ4n) is 2.92. The number of halogens is 2. The van der Waals surface area contributed by atoms with Crippen molar-refractivity contribution in [3.63, 3.8) is 0 Å². The molecule has 0 aliphatic heterocycles. The van der Waals surface area contributed by atoms with Crippen LogP contribution in [-0.4, -0.2) is 18.0 Å². The molecule has 1 amide bonds. The van der Waals surface area contributed by atoms with Crippen LogP contribution in [0.2, 0.25) is 0 Å². The maximum atomic E-state index is 13.3. The van der Waals surface area contributed by atoms with Crippen molar-refractivity contribution in [1.82, 2.24) is 10.3 Å². The molecular formula is C20H20F2N2O2. The van der Waals surface area contributed by atoms with Crippen LogP contribution in [0.3, 0.4) is 0 Å². The van der Waals surface area contributed by atoms with Crippen molar-refractivity contribution < 1.29 is 18.3 Å². The Morgan fingerprint density at radius 3 is 2.58 bits per heavy atom. The number of benzene rings is 2. The van der Waals surface area contributed by atoms with E-state index >= 15 is 0 Å². The van der Waals surface area contributed by atoms with E-state index < -0.39 is 11.6 Å². The molecule has 0 fully saturated rings. The second kappa shape index (κ2) is 7.15. The Kier molecular flexibility index (Phi) is 4.93. The quantitative estimate of drug-likeness (QED) is 0.705. The van der Waals surface area contributed by atoms with E-state index in [2.05, 4.69) is 10.3 Å². The summed E-state index contributed by atoms with van der Waals surface area (Å²) in [6.45, 7) is 4.10. The van der Waals surface area contributed by atoms with Gasteiger partial charge in [0.25, 0.3) is 5.91 Å². The number of carbonyl (C=O) groups excluding carboxylic acids is 1. The highest BCUT2D eigenvalue weighted by atomic mass is 19.2. The van der Waals surface area contributed by atoms with Crippen molar-refractivity contribution in [3.05, 3.63) is 64.9 Å². The van der Waals surface area contributed by atoms with Crippen LogP contribution in [0.1, 0.15) is 41.4 Å². The van der Waals surface area contributed by atoms with Crippen LogP contribution in [0, 0.1) is 11.6 Å². The Hall–Kier alpha value is -2.89. The number of aromatic nitrogens is 1. The predicted octanol–water partition coefficient (Wildman–Crippen LogP) is 4.51. The van der Waals surface area contributed by atoms with Crippen LogP contribution in [-0.2, 0) is 6.54 Å². The molecule has 2 N–H and O–H groups in total. The number of ether oxygens (including phenoxy) is 1. The molecule has 3 aromatic rings. The molecule has 0 aliphatic carbocycles. The molecule has 136 valence electrons. The lowest BCUT2D eigenvalue weighted by molar-refractivity contribution is 0.0951. The number of hydrogen-bond acceptors (Lipinski definition) is 2. The van der Waals surface area contributed by atoms with Gasteiger partial charge >= 0.3 is 0 Å². The summed E-state index contributed by atoms with van der Waals surface area (Å²) in [4.78, 5) is 16.1. The maximum absolute atomic E-state index is 13.3. The Bertz CT molecular complexity index is 964. The van der Waals surface area contributed by atoms with Gasteiger partial charge in [0.05, 0.1) is 18.2 Å². The number of carbonyl (C=O) groups is 1. The Morgan fingerprint density at radius 2 is 1.92 bits per heavy atom. The first kappa shape index (κ1) is 17.9. The van der Waals surface area contributed by atoms with E-state index in [4.69, 9.17) is 4.74 Å². The normalized spacial score (nSPS) is 11.2. The minimum Gasteiger partial charge on any atom is -0.497 e. The van der Waals surface area contributed by atoms with Crippen LogP contribution in [0.25, 0.3) is 10.9 Å². The molecule has 4 nitrogen and oxygen atoms in total. The summed E-state index contributed by atoms with van der Waals surface area (Å²) in [5.74, 6) is -1.30. The second-order valence-electron chi connectivity index (χ2n) is 6.41. The summed E-state index contributed by atoms with van der Waals surface area (Å²) in [5.41, 5.74) is 2.67. The Labute approximate surface area is 150 Å². The highest BCUT2D eigenvalue weighted by Crippen LogP contribution is 2.30. The molecule has 0 spiro atoms. The van der Waals surface area contributed by atoms with Crippen molar-refractivity contribution in [2.24, 2.45) is 0 Å². The molecule has 0 saturated heterocycles. The summed E-state index contributed by atoms with van der Waals surface area (Å²) >= 11 is 0. The predicted molar refractivity (Wildman–Crippen MR) is 96.5 cm³/mol. The lowest BCUT2D eigenvalue weighted by Gasteiger charge is -2.09. The Balaban J connectivity index is 1.91. The van der Waals surface area contributed by atoms with Gasteiger partial charge < -0.3 is 15.0 Å².